The molecular formula is C8H8FIN2O3. The molecule has 0 fully saturated rings. The van der Waals surface area contributed by atoms with Crippen LogP contribution < -0.4 is 10.5 Å². The minimum absolute atomic E-state index is 0.0941. The predicted octanol–water partition coefficient (Wildman–Crippen LogP) is 1.68. The lowest BCUT2D eigenvalue weighted by Gasteiger charge is -2.05. The van der Waals surface area contributed by atoms with Gasteiger partial charge in [0, 0.05) is 18.7 Å². The fourth-order valence-corrected chi connectivity index (χ4v) is 1.40. The third-order valence-electron chi connectivity index (χ3n) is 1.57. The molecule has 0 saturated heterocycles. The Bertz CT molecular complexity index is 386. The Morgan fingerprint density at radius 2 is 2.27 bits per heavy atom. The highest BCUT2D eigenvalue weighted by Gasteiger charge is 2.18. The molecular weight excluding hydrogens is 318 g/mol. The van der Waals surface area contributed by atoms with E-state index in [9.17, 15) is 14.5 Å². The zero-order valence-corrected chi connectivity index (χ0v) is 9.73. The SMILES string of the molecule is NCCOc1cc(F)c(I)cc1[N+](=O)[O-]. The fraction of sp³-hybridized carbons (Fsp3) is 0.250. The van der Waals surface area contributed by atoms with Crippen LogP contribution in [-0.4, -0.2) is 18.1 Å². The van der Waals surface area contributed by atoms with Crippen molar-refractivity contribution in [3.8, 4) is 5.75 Å². The summed E-state index contributed by atoms with van der Waals surface area (Å²) in [6, 6.07) is 2.12. The number of nitrogens with two attached hydrogens (primary N) is 1. The summed E-state index contributed by atoms with van der Waals surface area (Å²) in [5.74, 6) is -0.642. The lowest BCUT2D eigenvalue weighted by Crippen LogP contribution is -2.11. The van der Waals surface area contributed by atoms with Crippen LogP contribution in [0.25, 0.3) is 0 Å². The van der Waals surface area contributed by atoms with Gasteiger partial charge in [-0.05, 0) is 22.6 Å². The maximum atomic E-state index is 13.1. The molecule has 5 nitrogen and oxygen atoms in total. The largest absolute Gasteiger partial charge is 0.485 e. The van der Waals surface area contributed by atoms with Crippen LogP contribution in [-0.2, 0) is 0 Å². The van der Waals surface area contributed by atoms with Crippen LogP contribution >= 0.6 is 22.6 Å². The van der Waals surface area contributed by atoms with Gasteiger partial charge in [0.05, 0.1) is 8.49 Å². The average Bonchev–Trinajstić information content (AvgIpc) is 2.19. The molecule has 2 N–H and O–H groups in total. The number of nitro benzene ring substituents is 1. The summed E-state index contributed by atoms with van der Waals surface area (Å²) >= 11 is 1.68. The molecule has 1 aromatic carbocycles. The van der Waals surface area contributed by atoms with E-state index in [1.807, 2.05) is 0 Å². The van der Waals surface area contributed by atoms with Crippen molar-refractivity contribution < 1.29 is 14.1 Å². The zero-order chi connectivity index (χ0) is 11.4. The summed E-state index contributed by atoms with van der Waals surface area (Å²) in [4.78, 5) is 10.00. The normalized spacial score (nSPS) is 10.1. The second-order valence-electron chi connectivity index (χ2n) is 2.63. The molecule has 15 heavy (non-hydrogen) atoms. The number of hydrogen-bond acceptors (Lipinski definition) is 4. The van der Waals surface area contributed by atoms with Gasteiger partial charge in [-0.3, -0.25) is 10.1 Å². The Morgan fingerprint density at radius 1 is 1.60 bits per heavy atom. The highest BCUT2D eigenvalue weighted by Crippen LogP contribution is 2.30. The Balaban J connectivity index is 3.10. The summed E-state index contributed by atoms with van der Waals surface area (Å²) in [6.45, 7) is 0.325. The lowest BCUT2D eigenvalue weighted by atomic mass is 10.3. The Hall–Kier alpha value is -0.960. The van der Waals surface area contributed by atoms with Gasteiger partial charge in [-0.25, -0.2) is 4.39 Å². The van der Waals surface area contributed by atoms with E-state index in [1.165, 1.54) is 0 Å². The van der Waals surface area contributed by atoms with Crippen molar-refractivity contribution in [2.24, 2.45) is 5.73 Å². The van der Waals surface area contributed by atoms with Crippen LogP contribution in [0.15, 0.2) is 12.1 Å². The highest BCUT2D eigenvalue weighted by molar-refractivity contribution is 14.1. The van der Waals surface area contributed by atoms with E-state index in [4.69, 9.17) is 10.5 Å². The Morgan fingerprint density at radius 3 is 2.80 bits per heavy atom. The maximum absolute atomic E-state index is 13.1. The van der Waals surface area contributed by atoms with Gasteiger partial charge >= 0.3 is 5.69 Å². The first kappa shape index (κ1) is 12.1. The summed E-state index contributed by atoms with van der Waals surface area (Å²) in [5.41, 5.74) is 4.93. The highest BCUT2D eigenvalue weighted by atomic mass is 127. The molecule has 1 rings (SSSR count). The van der Waals surface area contributed by atoms with Crippen molar-refractivity contribution in [2.75, 3.05) is 13.2 Å². The van der Waals surface area contributed by atoms with Crippen molar-refractivity contribution in [2.45, 2.75) is 0 Å². The van der Waals surface area contributed by atoms with Crippen molar-refractivity contribution in [1.29, 1.82) is 0 Å². The molecule has 0 radical (unpaired) electrons. The van der Waals surface area contributed by atoms with Gasteiger partial charge < -0.3 is 10.5 Å². The molecule has 0 bridgehead atoms. The molecule has 0 atom stereocenters. The van der Waals surface area contributed by atoms with Crippen LogP contribution in [0.5, 0.6) is 5.75 Å². The summed E-state index contributed by atoms with van der Waals surface area (Å²) in [7, 11) is 0. The van der Waals surface area contributed by atoms with E-state index in [0.717, 1.165) is 12.1 Å². The molecule has 0 unspecified atom stereocenters. The van der Waals surface area contributed by atoms with Crippen LogP contribution in [0.3, 0.4) is 0 Å². The summed E-state index contributed by atoms with van der Waals surface area (Å²) < 4.78 is 18.3. The van der Waals surface area contributed by atoms with Crippen LogP contribution in [0, 0.1) is 19.5 Å². The summed E-state index contributed by atoms with van der Waals surface area (Å²) in [5, 5.41) is 10.6. The molecule has 1 aromatic rings. The number of nitrogens with zero attached hydrogens (tertiary/aromatic N) is 1. The van der Waals surface area contributed by atoms with E-state index >= 15 is 0 Å². The minimum Gasteiger partial charge on any atom is -0.485 e. The van der Waals surface area contributed by atoms with E-state index in [-0.39, 0.29) is 28.2 Å². The first-order valence-corrected chi connectivity index (χ1v) is 5.10. The number of hydrogen-bond donors (Lipinski definition) is 1. The van der Waals surface area contributed by atoms with Gasteiger partial charge in [0.2, 0.25) is 0 Å². The molecule has 0 saturated carbocycles. The Kier molecular flexibility index (Phi) is 4.21. The first-order valence-electron chi connectivity index (χ1n) is 4.02. The number of nitro groups is 1. The molecule has 0 heterocycles. The third kappa shape index (κ3) is 2.99. The molecule has 0 aliphatic heterocycles. The quantitative estimate of drug-likeness (QED) is 0.519. The number of rotatable bonds is 4. The lowest BCUT2D eigenvalue weighted by molar-refractivity contribution is -0.386. The second-order valence-corrected chi connectivity index (χ2v) is 3.79. The maximum Gasteiger partial charge on any atom is 0.312 e. The van der Waals surface area contributed by atoms with Crippen molar-refractivity contribution in [3.63, 3.8) is 0 Å². The zero-order valence-electron chi connectivity index (χ0n) is 7.57. The summed E-state index contributed by atoms with van der Waals surface area (Å²) in [6.07, 6.45) is 0. The Labute approximate surface area is 98.7 Å². The van der Waals surface area contributed by atoms with E-state index in [2.05, 4.69) is 0 Å². The van der Waals surface area contributed by atoms with E-state index < -0.39 is 10.7 Å². The monoisotopic (exact) mass is 326 g/mol. The molecule has 0 spiro atoms. The first-order chi connectivity index (χ1) is 7.06. The smallest absolute Gasteiger partial charge is 0.312 e. The molecule has 0 amide bonds. The molecule has 0 aliphatic carbocycles. The minimum atomic E-state index is -0.618. The number of halogens is 2. The van der Waals surface area contributed by atoms with Crippen molar-refractivity contribution >= 4 is 28.3 Å². The van der Waals surface area contributed by atoms with Crippen molar-refractivity contribution in [3.05, 3.63) is 31.6 Å². The third-order valence-corrected chi connectivity index (χ3v) is 2.40. The van der Waals surface area contributed by atoms with Crippen LogP contribution in [0.1, 0.15) is 0 Å². The van der Waals surface area contributed by atoms with E-state index in [1.54, 1.807) is 22.6 Å². The van der Waals surface area contributed by atoms with Gasteiger partial charge in [-0.2, -0.15) is 0 Å². The van der Waals surface area contributed by atoms with Gasteiger partial charge in [0.15, 0.2) is 5.75 Å². The topological polar surface area (TPSA) is 78.4 Å². The van der Waals surface area contributed by atoms with Crippen LogP contribution in [0.4, 0.5) is 10.1 Å². The van der Waals surface area contributed by atoms with E-state index in [0.29, 0.717) is 0 Å². The second kappa shape index (κ2) is 5.21. The average molecular weight is 326 g/mol. The number of benzene rings is 1. The predicted molar refractivity (Wildman–Crippen MR) is 60.3 cm³/mol. The van der Waals surface area contributed by atoms with Gasteiger partial charge in [-0.1, -0.05) is 0 Å². The van der Waals surface area contributed by atoms with Crippen molar-refractivity contribution in [1.82, 2.24) is 0 Å². The molecule has 82 valence electrons. The van der Waals surface area contributed by atoms with Gasteiger partial charge in [0.25, 0.3) is 0 Å². The number of ether oxygens (including phenoxy) is 1. The molecule has 7 heteroatoms. The van der Waals surface area contributed by atoms with Gasteiger partial charge in [-0.15, -0.1) is 0 Å². The molecule has 0 aliphatic rings. The fourth-order valence-electron chi connectivity index (χ4n) is 0.945. The van der Waals surface area contributed by atoms with Crippen LogP contribution in [0.2, 0.25) is 0 Å². The van der Waals surface area contributed by atoms with Gasteiger partial charge in [0.1, 0.15) is 12.4 Å². The standard InChI is InChI=1S/C8H8FIN2O3/c9-5-3-8(15-2-1-11)7(12(13)14)4-6(5)10/h3-4H,1-2,11H2. The molecule has 0 aromatic heterocycles.